The number of fused-ring (bicyclic) bond motifs is 2. The van der Waals surface area contributed by atoms with Crippen LogP contribution in [0.5, 0.6) is 0 Å². The lowest BCUT2D eigenvalue weighted by molar-refractivity contribution is 0.709. The highest BCUT2D eigenvalue weighted by Crippen LogP contribution is 2.36. The summed E-state index contributed by atoms with van der Waals surface area (Å²) in [5.41, 5.74) is 15.6. The second-order valence-corrected chi connectivity index (χ2v) is 7.76. The number of hydrogen-bond donors (Lipinski definition) is 2. The highest BCUT2D eigenvalue weighted by molar-refractivity contribution is 7.17. The molecule has 0 bridgehead atoms. The first kappa shape index (κ1) is 16.2. The molecule has 27 heavy (non-hydrogen) atoms. The maximum atomic E-state index is 6.14. The molecule has 3 aromatic rings. The van der Waals surface area contributed by atoms with Crippen LogP contribution in [0.2, 0.25) is 0 Å². The highest BCUT2D eigenvalue weighted by atomic mass is 32.1. The maximum Gasteiger partial charge on any atom is 0.223 e. The Kier molecular flexibility index (Phi) is 3.79. The zero-order valence-corrected chi connectivity index (χ0v) is 15.5. The average Bonchev–Trinajstić information content (AvgIpc) is 2.94. The smallest absolute Gasteiger partial charge is 0.223 e. The van der Waals surface area contributed by atoms with E-state index in [1.807, 2.05) is 6.07 Å². The predicted molar refractivity (Wildman–Crippen MR) is 111 cm³/mol. The quantitative estimate of drug-likeness (QED) is 0.676. The number of nitrogen functional groups attached to an aromatic ring is 2. The van der Waals surface area contributed by atoms with E-state index in [-0.39, 0.29) is 5.95 Å². The molecule has 1 aliphatic heterocycles. The number of rotatable bonds is 2. The Balaban J connectivity index is 1.55. The van der Waals surface area contributed by atoms with Crippen molar-refractivity contribution in [3.63, 3.8) is 0 Å². The molecule has 0 radical (unpaired) electrons. The van der Waals surface area contributed by atoms with Crippen LogP contribution < -0.4 is 22.0 Å². The van der Waals surface area contributed by atoms with Gasteiger partial charge in [0.05, 0.1) is 10.7 Å². The number of anilines is 2. The molecule has 4 N–H and O–H groups in total. The first-order valence-electron chi connectivity index (χ1n) is 9.00. The van der Waals surface area contributed by atoms with Crippen molar-refractivity contribution in [2.75, 3.05) is 11.5 Å². The van der Waals surface area contributed by atoms with E-state index >= 15 is 0 Å². The van der Waals surface area contributed by atoms with E-state index in [1.54, 1.807) is 11.3 Å². The summed E-state index contributed by atoms with van der Waals surface area (Å²) in [6.07, 6.45) is 9.50. The average molecular weight is 373 g/mol. The van der Waals surface area contributed by atoms with Gasteiger partial charge in [-0.05, 0) is 40.6 Å². The van der Waals surface area contributed by atoms with Gasteiger partial charge in [-0.25, -0.2) is 4.98 Å². The van der Waals surface area contributed by atoms with Crippen LogP contribution in [0.3, 0.4) is 0 Å². The molecule has 5 nitrogen and oxygen atoms in total. The molecule has 1 aromatic carbocycles. The standard InChI is InChI=1S/C21H19N5S/c22-19-18-14(11-27-20(18)26-21(23)25-19)10-13-5-3-7-17-15(13)9-8-12-4-1-2-6-16(12)24-17/h1-6,8,11,13H,7,9-10H2,(H4,22,23,25,26). The van der Waals surface area contributed by atoms with Crippen molar-refractivity contribution in [2.45, 2.75) is 19.3 Å². The normalized spacial score (nSPS) is 18.4. The van der Waals surface area contributed by atoms with Crippen LogP contribution in [0.1, 0.15) is 18.4 Å². The number of aromatic nitrogens is 2. The first-order valence-corrected chi connectivity index (χ1v) is 9.88. The van der Waals surface area contributed by atoms with E-state index in [4.69, 9.17) is 16.5 Å². The predicted octanol–water partition coefficient (Wildman–Crippen LogP) is 2.73. The minimum atomic E-state index is 0.228. The molecule has 1 atom stereocenters. The first-order chi connectivity index (χ1) is 13.2. The van der Waals surface area contributed by atoms with Crippen molar-refractivity contribution in [1.82, 2.24) is 9.97 Å². The van der Waals surface area contributed by atoms with Crippen LogP contribution in [0.25, 0.3) is 16.3 Å². The molecule has 1 aliphatic carbocycles. The number of nitrogens with zero attached hydrogens (tertiary/aromatic N) is 3. The maximum absolute atomic E-state index is 6.14. The van der Waals surface area contributed by atoms with E-state index in [0.717, 1.165) is 34.8 Å². The number of nitrogens with two attached hydrogens (primary N) is 2. The largest absolute Gasteiger partial charge is 0.383 e. The molecule has 134 valence electrons. The fourth-order valence-corrected chi connectivity index (χ4v) is 4.91. The van der Waals surface area contributed by atoms with Gasteiger partial charge < -0.3 is 11.5 Å². The van der Waals surface area contributed by atoms with Gasteiger partial charge in [-0.1, -0.05) is 36.4 Å². The van der Waals surface area contributed by atoms with Crippen LogP contribution in [0, 0.1) is 5.92 Å². The Labute approximate surface area is 160 Å². The van der Waals surface area contributed by atoms with Crippen molar-refractivity contribution < 1.29 is 0 Å². The van der Waals surface area contributed by atoms with E-state index in [1.165, 1.54) is 22.1 Å². The van der Waals surface area contributed by atoms with Crippen molar-refractivity contribution in [3.05, 3.63) is 69.2 Å². The summed E-state index contributed by atoms with van der Waals surface area (Å²) in [4.78, 5) is 14.3. The summed E-state index contributed by atoms with van der Waals surface area (Å²) in [5.74, 6) is 0.996. The number of hydrogen-bond acceptors (Lipinski definition) is 6. The van der Waals surface area contributed by atoms with Gasteiger partial charge in [0, 0.05) is 18.0 Å². The second kappa shape index (κ2) is 6.32. The summed E-state index contributed by atoms with van der Waals surface area (Å²) in [5, 5.41) is 5.34. The van der Waals surface area contributed by atoms with Crippen LogP contribution in [-0.2, 0) is 6.42 Å². The van der Waals surface area contributed by atoms with Crippen LogP contribution >= 0.6 is 11.3 Å². The molecule has 1 unspecified atom stereocenters. The molecule has 3 heterocycles. The van der Waals surface area contributed by atoms with Gasteiger partial charge in [-0.2, -0.15) is 4.98 Å². The summed E-state index contributed by atoms with van der Waals surface area (Å²) >= 11 is 1.57. The molecular weight excluding hydrogens is 354 g/mol. The van der Waals surface area contributed by atoms with Gasteiger partial charge in [0.15, 0.2) is 0 Å². The Bertz CT molecular complexity index is 1240. The number of thiophene rings is 1. The Morgan fingerprint density at radius 3 is 2.93 bits per heavy atom. The van der Waals surface area contributed by atoms with Crippen molar-refractivity contribution in [2.24, 2.45) is 10.9 Å². The van der Waals surface area contributed by atoms with Gasteiger partial charge in [0.2, 0.25) is 5.95 Å². The number of allylic oxidation sites excluding steroid dienone is 3. The van der Waals surface area contributed by atoms with Crippen molar-refractivity contribution in [3.8, 4) is 0 Å². The van der Waals surface area contributed by atoms with E-state index in [2.05, 4.69) is 51.8 Å². The van der Waals surface area contributed by atoms with Crippen molar-refractivity contribution in [1.29, 1.82) is 0 Å². The number of para-hydroxylation sites is 1. The third-order valence-corrected chi connectivity index (χ3v) is 6.15. The summed E-state index contributed by atoms with van der Waals surface area (Å²) in [7, 11) is 0. The molecule has 2 aromatic heterocycles. The van der Waals surface area contributed by atoms with Gasteiger partial charge in [0.25, 0.3) is 0 Å². The molecule has 0 spiro atoms. The molecule has 2 aliphatic rings. The molecule has 6 heteroatoms. The minimum absolute atomic E-state index is 0.228. The van der Waals surface area contributed by atoms with Gasteiger partial charge in [-0.15, -0.1) is 11.3 Å². The van der Waals surface area contributed by atoms with Crippen LogP contribution in [0.4, 0.5) is 11.8 Å². The fourth-order valence-electron chi connectivity index (χ4n) is 3.94. The van der Waals surface area contributed by atoms with Gasteiger partial charge >= 0.3 is 0 Å². The SMILES string of the molecule is Nc1nc(N)c2c(CC3C=CCC4=C3CC=c3ccccc3=N4)csc2n1. The zero-order chi connectivity index (χ0) is 18.4. The van der Waals surface area contributed by atoms with Gasteiger partial charge in [0.1, 0.15) is 10.6 Å². The molecule has 5 rings (SSSR count). The van der Waals surface area contributed by atoms with E-state index in [0.29, 0.717) is 11.7 Å². The summed E-state index contributed by atoms with van der Waals surface area (Å²) in [6.45, 7) is 0. The third-order valence-electron chi connectivity index (χ3n) is 5.23. The second-order valence-electron chi connectivity index (χ2n) is 6.90. The Morgan fingerprint density at radius 2 is 2.00 bits per heavy atom. The summed E-state index contributed by atoms with van der Waals surface area (Å²) < 4.78 is 0. The van der Waals surface area contributed by atoms with Crippen LogP contribution in [-0.4, -0.2) is 9.97 Å². The lowest BCUT2D eigenvalue weighted by Crippen LogP contribution is -2.23. The van der Waals surface area contributed by atoms with E-state index < -0.39 is 0 Å². The Morgan fingerprint density at radius 1 is 1.11 bits per heavy atom. The number of benzene rings is 1. The topological polar surface area (TPSA) is 90.2 Å². The molecule has 0 amide bonds. The molecular formula is C21H19N5S. The molecule has 0 saturated heterocycles. The molecule has 0 saturated carbocycles. The monoisotopic (exact) mass is 373 g/mol. The van der Waals surface area contributed by atoms with E-state index in [9.17, 15) is 0 Å². The molecule has 0 fully saturated rings. The van der Waals surface area contributed by atoms with Crippen LogP contribution in [0.15, 0.2) is 58.1 Å². The minimum Gasteiger partial charge on any atom is -0.383 e. The Hall–Kier alpha value is -2.99. The lowest BCUT2D eigenvalue weighted by Gasteiger charge is -2.22. The zero-order valence-electron chi connectivity index (χ0n) is 14.7. The lowest BCUT2D eigenvalue weighted by atomic mass is 9.84. The third kappa shape index (κ3) is 2.82. The van der Waals surface area contributed by atoms with Gasteiger partial charge in [-0.3, -0.25) is 4.99 Å². The highest BCUT2D eigenvalue weighted by Gasteiger charge is 2.22. The fraction of sp³-hybridized carbons (Fsp3) is 0.190. The van der Waals surface area contributed by atoms with Crippen molar-refractivity contribution >= 4 is 39.4 Å². The summed E-state index contributed by atoms with van der Waals surface area (Å²) in [6, 6.07) is 8.33.